The molecule has 1 atom stereocenters. The second-order valence-corrected chi connectivity index (χ2v) is 11.7. The Morgan fingerprint density at radius 2 is 1.70 bits per heavy atom. The van der Waals surface area contributed by atoms with Crippen LogP contribution in [0.2, 0.25) is 0 Å². The Labute approximate surface area is 262 Å². The minimum atomic E-state index is -0.708. The van der Waals surface area contributed by atoms with E-state index in [1.54, 1.807) is 47.7 Å². The van der Waals surface area contributed by atoms with E-state index in [-0.39, 0.29) is 11.7 Å². The highest BCUT2D eigenvalue weighted by Gasteiger charge is 2.26. The van der Waals surface area contributed by atoms with Crippen molar-refractivity contribution in [2.75, 3.05) is 32.1 Å². The molecule has 1 heterocycles. The molecular formula is C36H36N2O5S. The predicted molar refractivity (Wildman–Crippen MR) is 174 cm³/mol. The Morgan fingerprint density at radius 1 is 0.955 bits per heavy atom. The zero-order chi connectivity index (χ0) is 30.7. The number of carbonyl (C=O) groups is 3. The molecule has 0 unspecified atom stereocenters. The van der Waals surface area contributed by atoms with Crippen molar-refractivity contribution in [2.24, 2.45) is 5.92 Å². The molecule has 1 saturated carbocycles. The molecule has 1 aliphatic rings. The molecule has 4 aromatic rings. The lowest BCUT2D eigenvalue weighted by atomic mass is 10.00. The van der Waals surface area contributed by atoms with Crippen LogP contribution in [-0.2, 0) is 20.7 Å². The van der Waals surface area contributed by atoms with Crippen LogP contribution >= 0.6 is 11.3 Å². The highest BCUT2D eigenvalue weighted by Crippen LogP contribution is 2.30. The number of esters is 1. The third kappa shape index (κ3) is 8.67. The van der Waals surface area contributed by atoms with Crippen molar-refractivity contribution >= 4 is 40.8 Å². The van der Waals surface area contributed by atoms with Crippen molar-refractivity contribution in [3.05, 3.63) is 124 Å². The minimum Gasteiger partial charge on any atom is -0.492 e. The normalized spacial score (nSPS) is 13.3. The molecular weight excluding hydrogens is 572 g/mol. The van der Waals surface area contributed by atoms with Crippen LogP contribution in [0, 0.1) is 5.92 Å². The quantitative estimate of drug-likeness (QED) is 0.0942. The first-order valence-electron chi connectivity index (χ1n) is 14.8. The van der Waals surface area contributed by atoms with E-state index in [0.717, 1.165) is 29.8 Å². The summed E-state index contributed by atoms with van der Waals surface area (Å²) in [6, 6.07) is 27.0. The molecule has 0 radical (unpaired) electrons. The van der Waals surface area contributed by atoms with E-state index in [1.165, 1.54) is 7.11 Å². The van der Waals surface area contributed by atoms with E-state index in [9.17, 15) is 14.4 Å². The summed E-state index contributed by atoms with van der Waals surface area (Å²) in [5, 5.41) is 5.23. The predicted octanol–water partition coefficient (Wildman–Crippen LogP) is 6.51. The van der Waals surface area contributed by atoms with Gasteiger partial charge in [-0.3, -0.25) is 9.59 Å². The number of nitrogens with one attached hydrogen (secondary N) is 1. The summed E-state index contributed by atoms with van der Waals surface area (Å²) in [6.45, 7) is 1.63. The van der Waals surface area contributed by atoms with Crippen molar-refractivity contribution < 1.29 is 23.9 Å². The van der Waals surface area contributed by atoms with Crippen LogP contribution in [0.25, 0.3) is 6.08 Å². The highest BCUT2D eigenvalue weighted by atomic mass is 32.1. The Morgan fingerprint density at radius 3 is 2.41 bits per heavy atom. The summed E-state index contributed by atoms with van der Waals surface area (Å²) in [5.41, 5.74) is 2.51. The number of amides is 1. The van der Waals surface area contributed by atoms with E-state index in [2.05, 4.69) is 5.32 Å². The van der Waals surface area contributed by atoms with Gasteiger partial charge in [0.15, 0.2) is 5.78 Å². The average Bonchev–Trinajstić information content (AvgIpc) is 3.73. The summed E-state index contributed by atoms with van der Waals surface area (Å²) in [6.07, 6.45) is 6.18. The van der Waals surface area contributed by atoms with Gasteiger partial charge in [0, 0.05) is 40.7 Å². The van der Waals surface area contributed by atoms with Crippen LogP contribution in [-0.4, -0.2) is 55.4 Å². The Hall–Kier alpha value is -4.69. The van der Waals surface area contributed by atoms with Crippen molar-refractivity contribution in [2.45, 2.75) is 25.3 Å². The van der Waals surface area contributed by atoms with Gasteiger partial charge in [-0.25, -0.2) is 4.79 Å². The van der Waals surface area contributed by atoms with Crippen molar-refractivity contribution in [1.82, 2.24) is 4.90 Å². The number of ketones is 1. The lowest BCUT2D eigenvalue weighted by Crippen LogP contribution is -2.35. The molecule has 5 rings (SSSR count). The summed E-state index contributed by atoms with van der Waals surface area (Å²) in [4.78, 5) is 41.7. The van der Waals surface area contributed by atoms with Gasteiger partial charge in [-0.05, 0) is 66.1 Å². The van der Waals surface area contributed by atoms with Gasteiger partial charge in [0.1, 0.15) is 18.4 Å². The largest absolute Gasteiger partial charge is 0.492 e. The van der Waals surface area contributed by atoms with Crippen LogP contribution in [0.4, 0.5) is 5.69 Å². The van der Waals surface area contributed by atoms with E-state index in [1.807, 2.05) is 77.0 Å². The molecule has 1 N–H and O–H groups in total. The fraction of sp³-hybridized carbons (Fsp3) is 0.250. The van der Waals surface area contributed by atoms with Crippen LogP contribution in [0.3, 0.4) is 0 Å². The van der Waals surface area contributed by atoms with E-state index in [0.29, 0.717) is 48.1 Å². The number of ether oxygens (including phenoxy) is 2. The van der Waals surface area contributed by atoms with Gasteiger partial charge in [-0.15, -0.1) is 11.3 Å². The summed E-state index contributed by atoms with van der Waals surface area (Å²) in [5.74, 6) is 0.699. The first-order chi connectivity index (χ1) is 21.5. The van der Waals surface area contributed by atoms with Gasteiger partial charge < -0.3 is 19.7 Å². The van der Waals surface area contributed by atoms with Gasteiger partial charge in [0.05, 0.1) is 13.7 Å². The molecule has 3 aromatic carbocycles. The van der Waals surface area contributed by atoms with Gasteiger partial charge in [0.2, 0.25) is 5.91 Å². The minimum absolute atomic E-state index is 0.00218. The summed E-state index contributed by atoms with van der Waals surface area (Å²) >= 11 is 1.60. The third-order valence-electron chi connectivity index (χ3n) is 7.44. The smallest absolute Gasteiger partial charge is 0.328 e. The molecule has 0 spiro atoms. The van der Waals surface area contributed by atoms with Crippen LogP contribution in [0.5, 0.6) is 5.75 Å². The molecule has 1 aromatic heterocycles. The number of benzene rings is 3. The van der Waals surface area contributed by atoms with E-state index >= 15 is 0 Å². The lowest BCUT2D eigenvalue weighted by Gasteiger charge is -2.21. The first-order valence-corrected chi connectivity index (χ1v) is 15.6. The van der Waals surface area contributed by atoms with Gasteiger partial charge >= 0.3 is 5.97 Å². The number of carbonyl (C=O) groups excluding carboxylic acids is 3. The molecule has 1 fully saturated rings. The zero-order valence-electron chi connectivity index (χ0n) is 24.7. The molecule has 1 aliphatic carbocycles. The maximum Gasteiger partial charge on any atom is 0.328 e. The SMILES string of the molecule is COC(=O)[C@H](Cc1ccc(OCCN(CC2CC2)C(=O)/C=C/c2cccs2)cc1)Nc1ccccc1C(=O)c1ccccc1. The second kappa shape index (κ2) is 15.2. The molecule has 8 heteroatoms. The molecule has 226 valence electrons. The number of thiophene rings is 1. The van der Waals surface area contributed by atoms with Gasteiger partial charge in [-0.2, -0.15) is 0 Å². The molecule has 0 aliphatic heterocycles. The monoisotopic (exact) mass is 608 g/mol. The van der Waals surface area contributed by atoms with Crippen molar-refractivity contribution in [3.8, 4) is 5.75 Å². The van der Waals surface area contributed by atoms with E-state index < -0.39 is 12.0 Å². The number of hydrogen-bond acceptors (Lipinski definition) is 7. The second-order valence-electron chi connectivity index (χ2n) is 10.7. The number of methoxy groups -OCH3 is 1. The maximum absolute atomic E-state index is 13.2. The van der Waals surface area contributed by atoms with Crippen molar-refractivity contribution in [1.29, 1.82) is 0 Å². The number of para-hydroxylation sites is 1. The van der Waals surface area contributed by atoms with Crippen LogP contribution in [0.1, 0.15) is 39.2 Å². The van der Waals surface area contributed by atoms with Crippen LogP contribution in [0.15, 0.2) is 102 Å². The van der Waals surface area contributed by atoms with Crippen molar-refractivity contribution in [3.63, 3.8) is 0 Å². The molecule has 7 nitrogen and oxygen atoms in total. The van der Waals surface area contributed by atoms with Gasteiger partial charge in [-0.1, -0.05) is 60.7 Å². The van der Waals surface area contributed by atoms with Crippen LogP contribution < -0.4 is 10.1 Å². The number of hydrogen-bond donors (Lipinski definition) is 1. The standard InChI is InChI=1S/C36H36N2O5S/c1-42-36(41)33(37-32-12-6-5-11-31(32)35(40)28-8-3-2-4-9-28)24-26-15-17-29(18-16-26)43-22-21-38(25-27-13-14-27)34(39)20-19-30-10-7-23-44-30/h2-12,15-20,23,27,33,37H,13-14,21-22,24-25H2,1H3/b20-19+/t33-/m0/s1. The molecule has 0 bridgehead atoms. The Balaban J connectivity index is 1.18. The fourth-order valence-electron chi connectivity index (χ4n) is 4.85. The number of nitrogens with zero attached hydrogens (tertiary/aromatic N) is 1. The van der Waals surface area contributed by atoms with Gasteiger partial charge in [0.25, 0.3) is 0 Å². The third-order valence-corrected chi connectivity index (χ3v) is 8.27. The highest BCUT2D eigenvalue weighted by molar-refractivity contribution is 7.10. The molecule has 1 amide bonds. The fourth-order valence-corrected chi connectivity index (χ4v) is 5.47. The number of rotatable bonds is 15. The summed E-state index contributed by atoms with van der Waals surface area (Å²) in [7, 11) is 1.35. The molecule has 0 saturated heterocycles. The zero-order valence-corrected chi connectivity index (χ0v) is 25.5. The average molecular weight is 609 g/mol. The first kappa shape index (κ1) is 30.8. The molecule has 44 heavy (non-hydrogen) atoms. The van der Waals surface area contributed by atoms with E-state index in [4.69, 9.17) is 9.47 Å². The maximum atomic E-state index is 13.2. The Kier molecular flexibility index (Phi) is 10.6. The summed E-state index contributed by atoms with van der Waals surface area (Å²) < 4.78 is 11.1. The Bertz CT molecular complexity index is 1560. The lowest BCUT2D eigenvalue weighted by molar-refractivity contribution is -0.141. The topological polar surface area (TPSA) is 84.9 Å². The number of anilines is 1.